The number of hydrogen-bond donors (Lipinski definition) is 2. The van der Waals surface area contributed by atoms with E-state index in [4.69, 9.17) is 0 Å². The third-order valence-corrected chi connectivity index (χ3v) is 5.03. The molecular formula is C14H21N5OS. The van der Waals surface area contributed by atoms with Crippen molar-refractivity contribution in [2.24, 2.45) is 10.4 Å². The van der Waals surface area contributed by atoms with Gasteiger partial charge in [-0.25, -0.2) is 4.98 Å². The first kappa shape index (κ1) is 14.3. The summed E-state index contributed by atoms with van der Waals surface area (Å²) in [7, 11) is 1.81. The number of likely N-dealkylation sites (tertiary alicyclic amines) is 1. The van der Waals surface area contributed by atoms with Crippen LogP contribution in [0.4, 0.5) is 0 Å². The quantitative estimate of drug-likeness (QED) is 0.627. The first-order chi connectivity index (χ1) is 10.2. The van der Waals surface area contributed by atoms with E-state index in [1.807, 2.05) is 18.6 Å². The molecule has 2 fully saturated rings. The first-order valence-corrected chi connectivity index (χ1v) is 8.19. The molecule has 21 heavy (non-hydrogen) atoms. The SMILES string of the molecule is CN=C(NCc1nccs1)N1CCCC2(CNC(=O)C2)C1. The molecule has 3 rings (SSSR count). The van der Waals surface area contributed by atoms with Crippen LogP contribution in [0.5, 0.6) is 0 Å². The second kappa shape index (κ2) is 6.01. The molecule has 2 N–H and O–H groups in total. The highest BCUT2D eigenvalue weighted by Crippen LogP contribution is 2.35. The highest BCUT2D eigenvalue weighted by Gasteiger charge is 2.42. The number of nitrogens with zero attached hydrogens (tertiary/aromatic N) is 3. The lowest BCUT2D eigenvalue weighted by molar-refractivity contribution is -0.119. The maximum atomic E-state index is 11.6. The van der Waals surface area contributed by atoms with Crippen molar-refractivity contribution in [3.63, 3.8) is 0 Å². The summed E-state index contributed by atoms with van der Waals surface area (Å²) in [5.74, 6) is 1.09. The Labute approximate surface area is 128 Å². The van der Waals surface area contributed by atoms with Crippen LogP contribution in [-0.4, -0.2) is 48.4 Å². The van der Waals surface area contributed by atoms with E-state index in [1.165, 1.54) is 0 Å². The second-order valence-corrected chi connectivity index (χ2v) is 6.78. The number of rotatable bonds is 2. The number of aromatic nitrogens is 1. The van der Waals surface area contributed by atoms with E-state index >= 15 is 0 Å². The van der Waals surface area contributed by atoms with Crippen molar-refractivity contribution in [3.05, 3.63) is 16.6 Å². The van der Waals surface area contributed by atoms with Crippen molar-refractivity contribution in [1.29, 1.82) is 0 Å². The zero-order chi connectivity index (χ0) is 14.7. The molecule has 2 saturated heterocycles. The number of carbonyl (C=O) groups is 1. The van der Waals surface area contributed by atoms with E-state index in [-0.39, 0.29) is 11.3 Å². The molecule has 0 radical (unpaired) electrons. The maximum absolute atomic E-state index is 11.6. The fraction of sp³-hybridized carbons (Fsp3) is 0.643. The monoisotopic (exact) mass is 307 g/mol. The molecule has 1 spiro atoms. The predicted octanol–water partition coefficient (Wildman–Crippen LogP) is 0.821. The van der Waals surface area contributed by atoms with Crippen LogP contribution in [-0.2, 0) is 11.3 Å². The van der Waals surface area contributed by atoms with Gasteiger partial charge in [0.1, 0.15) is 5.01 Å². The Kier molecular flexibility index (Phi) is 4.10. The zero-order valence-corrected chi connectivity index (χ0v) is 13.1. The van der Waals surface area contributed by atoms with Gasteiger partial charge in [0.15, 0.2) is 5.96 Å². The summed E-state index contributed by atoms with van der Waals surface area (Å²) in [4.78, 5) is 22.5. The summed E-state index contributed by atoms with van der Waals surface area (Å²) in [5, 5.41) is 9.39. The van der Waals surface area contributed by atoms with E-state index in [2.05, 4.69) is 25.5 Å². The number of hydrogen-bond acceptors (Lipinski definition) is 4. The number of nitrogens with one attached hydrogen (secondary N) is 2. The summed E-state index contributed by atoms with van der Waals surface area (Å²) in [6.07, 6.45) is 4.68. The minimum Gasteiger partial charge on any atom is -0.355 e. The molecular weight excluding hydrogens is 286 g/mol. The fourth-order valence-electron chi connectivity index (χ4n) is 3.26. The smallest absolute Gasteiger partial charge is 0.220 e. The summed E-state index contributed by atoms with van der Waals surface area (Å²) >= 11 is 1.64. The Hall–Kier alpha value is -1.63. The van der Waals surface area contributed by atoms with Crippen LogP contribution in [0.1, 0.15) is 24.3 Å². The lowest BCUT2D eigenvalue weighted by atomic mass is 9.79. The van der Waals surface area contributed by atoms with Crippen molar-refractivity contribution < 1.29 is 4.79 Å². The minimum atomic E-state index is 0.0914. The van der Waals surface area contributed by atoms with Gasteiger partial charge >= 0.3 is 0 Å². The molecule has 1 amide bonds. The van der Waals surface area contributed by atoms with Gasteiger partial charge in [-0.15, -0.1) is 11.3 Å². The van der Waals surface area contributed by atoms with Crippen LogP contribution in [0, 0.1) is 5.41 Å². The van der Waals surface area contributed by atoms with Gasteiger partial charge in [-0.3, -0.25) is 9.79 Å². The first-order valence-electron chi connectivity index (χ1n) is 7.31. The van der Waals surface area contributed by atoms with Gasteiger partial charge in [0.25, 0.3) is 0 Å². The predicted molar refractivity (Wildman–Crippen MR) is 83.2 cm³/mol. The number of piperidine rings is 1. The van der Waals surface area contributed by atoms with E-state index in [0.29, 0.717) is 13.0 Å². The molecule has 0 saturated carbocycles. The molecule has 1 atom stereocenters. The second-order valence-electron chi connectivity index (χ2n) is 5.81. The summed E-state index contributed by atoms with van der Waals surface area (Å²) < 4.78 is 0. The Balaban J connectivity index is 1.62. The number of aliphatic imine (C=N–C) groups is 1. The van der Waals surface area contributed by atoms with Gasteiger partial charge in [-0.05, 0) is 12.8 Å². The van der Waals surface area contributed by atoms with Crippen LogP contribution in [0.3, 0.4) is 0 Å². The average molecular weight is 307 g/mol. The molecule has 1 aromatic rings. The lowest BCUT2D eigenvalue weighted by Crippen LogP contribution is -2.51. The van der Waals surface area contributed by atoms with Crippen molar-refractivity contribution >= 4 is 23.2 Å². The molecule has 1 unspecified atom stereocenters. The number of amides is 1. The standard InChI is InChI=1S/C14H21N5OS/c1-15-13(17-8-12-16-4-6-21-12)19-5-2-3-14(10-19)7-11(20)18-9-14/h4,6H,2-3,5,7-10H2,1H3,(H,15,17)(H,18,20). The summed E-state index contributed by atoms with van der Waals surface area (Å²) in [5.41, 5.74) is 0.0914. The molecule has 6 nitrogen and oxygen atoms in total. The molecule has 2 aliphatic heterocycles. The molecule has 0 aliphatic carbocycles. The van der Waals surface area contributed by atoms with Gasteiger partial charge in [0, 0.05) is 50.1 Å². The number of guanidine groups is 1. The highest BCUT2D eigenvalue weighted by molar-refractivity contribution is 7.09. The third-order valence-electron chi connectivity index (χ3n) is 4.25. The molecule has 114 valence electrons. The van der Waals surface area contributed by atoms with E-state index < -0.39 is 0 Å². The molecule has 3 heterocycles. The minimum absolute atomic E-state index is 0.0914. The molecule has 7 heteroatoms. The van der Waals surface area contributed by atoms with E-state index in [0.717, 1.165) is 43.4 Å². The molecule has 1 aromatic heterocycles. The van der Waals surface area contributed by atoms with Crippen molar-refractivity contribution in [3.8, 4) is 0 Å². The van der Waals surface area contributed by atoms with Gasteiger partial charge < -0.3 is 15.5 Å². The van der Waals surface area contributed by atoms with Crippen LogP contribution < -0.4 is 10.6 Å². The normalized spacial score (nSPS) is 26.2. The Morgan fingerprint density at radius 3 is 3.24 bits per heavy atom. The van der Waals surface area contributed by atoms with Crippen LogP contribution in [0.2, 0.25) is 0 Å². The average Bonchev–Trinajstić information content (AvgIpc) is 3.11. The highest BCUT2D eigenvalue weighted by atomic mass is 32.1. The Morgan fingerprint density at radius 2 is 2.57 bits per heavy atom. The Morgan fingerprint density at radius 1 is 1.67 bits per heavy atom. The van der Waals surface area contributed by atoms with Gasteiger partial charge in [-0.1, -0.05) is 0 Å². The molecule has 2 aliphatic rings. The van der Waals surface area contributed by atoms with Crippen LogP contribution >= 0.6 is 11.3 Å². The summed E-state index contributed by atoms with van der Waals surface area (Å²) in [6, 6.07) is 0. The Bertz CT molecular complexity index is 529. The largest absolute Gasteiger partial charge is 0.355 e. The maximum Gasteiger partial charge on any atom is 0.220 e. The van der Waals surface area contributed by atoms with E-state index in [9.17, 15) is 4.79 Å². The van der Waals surface area contributed by atoms with Gasteiger partial charge in [-0.2, -0.15) is 0 Å². The van der Waals surface area contributed by atoms with Crippen LogP contribution in [0.15, 0.2) is 16.6 Å². The van der Waals surface area contributed by atoms with E-state index in [1.54, 1.807) is 11.3 Å². The van der Waals surface area contributed by atoms with Gasteiger partial charge in [0.05, 0.1) is 6.54 Å². The van der Waals surface area contributed by atoms with Gasteiger partial charge in [0.2, 0.25) is 5.91 Å². The van der Waals surface area contributed by atoms with Crippen molar-refractivity contribution in [1.82, 2.24) is 20.5 Å². The third kappa shape index (κ3) is 3.18. The van der Waals surface area contributed by atoms with Crippen LogP contribution in [0.25, 0.3) is 0 Å². The lowest BCUT2D eigenvalue weighted by Gasteiger charge is -2.40. The molecule has 0 bridgehead atoms. The van der Waals surface area contributed by atoms with Crippen molar-refractivity contribution in [2.75, 3.05) is 26.7 Å². The van der Waals surface area contributed by atoms with Crippen molar-refractivity contribution in [2.45, 2.75) is 25.8 Å². The molecule has 0 aromatic carbocycles. The number of thiazole rings is 1. The fourth-order valence-corrected chi connectivity index (χ4v) is 3.81. The zero-order valence-electron chi connectivity index (χ0n) is 12.3. The number of carbonyl (C=O) groups excluding carboxylic acids is 1. The topological polar surface area (TPSA) is 69.6 Å². The summed E-state index contributed by atoms with van der Waals surface area (Å²) in [6.45, 7) is 3.38.